The molecule has 0 fully saturated rings. The van der Waals surface area contributed by atoms with Gasteiger partial charge in [0, 0.05) is 6.42 Å². The summed E-state index contributed by atoms with van der Waals surface area (Å²) >= 11 is 0. The normalized spacial score (nSPS) is 11.3. The summed E-state index contributed by atoms with van der Waals surface area (Å²) < 4.78 is 22.9. The monoisotopic (exact) mass is 107 g/mol. The predicted octanol–water partition coefficient (Wildman–Crippen LogP) is 1.14. The molecule has 0 saturated heterocycles. The molecule has 0 heterocycles. The lowest BCUT2D eigenvalue weighted by molar-refractivity contribution is 0.0703. The van der Waals surface area contributed by atoms with Crippen molar-refractivity contribution in [3.8, 4) is 0 Å². The van der Waals surface area contributed by atoms with E-state index in [0.29, 0.717) is 6.29 Å². The minimum absolute atomic E-state index is 0.462. The summed E-state index contributed by atoms with van der Waals surface area (Å²) in [5.74, 6) is -3.22. The van der Waals surface area contributed by atoms with Crippen LogP contribution in [-0.2, 0) is 4.79 Å². The molecular formula is C4H5F2O. The average Bonchev–Trinajstić information content (AvgIpc) is 1.68. The molecule has 0 bridgehead atoms. The fourth-order valence-electron chi connectivity index (χ4n) is 0.0722. The number of carbonyl (C=O) groups excluding carboxylic acids is 1. The van der Waals surface area contributed by atoms with Crippen molar-refractivity contribution in [1.29, 1.82) is 0 Å². The quantitative estimate of drug-likeness (QED) is 0.517. The third kappa shape index (κ3) is 2.25. The van der Waals surface area contributed by atoms with E-state index in [1.54, 1.807) is 0 Å². The molecule has 41 valence electrons. The summed E-state index contributed by atoms with van der Waals surface area (Å²) in [6, 6.07) is 0. The van der Waals surface area contributed by atoms with Crippen LogP contribution < -0.4 is 0 Å². The highest BCUT2D eigenvalue weighted by molar-refractivity contribution is 5.60. The van der Waals surface area contributed by atoms with Gasteiger partial charge in [0.1, 0.15) is 0 Å². The summed E-state index contributed by atoms with van der Waals surface area (Å²) in [5.41, 5.74) is 0. The lowest BCUT2D eigenvalue weighted by Gasteiger charge is -1.99. The van der Waals surface area contributed by atoms with Gasteiger partial charge in [0.05, 0.1) is 0 Å². The van der Waals surface area contributed by atoms with Crippen LogP contribution in [0.15, 0.2) is 0 Å². The first kappa shape index (κ1) is 6.53. The maximum absolute atomic E-state index is 11.5. The Morgan fingerprint density at radius 1 is 1.71 bits per heavy atom. The number of hydrogen-bond donors (Lipinski definition) is 0. The Bertz CT molecular complexity index is 70.1. The van der Waals surface area contributed by atoms with Gasteiger partial charge in [-0.2, -0.15) is 8.78 Å². The van der Waals surface area contributed by atoms with E-state index in [1.807, 2.05) is 0 Å². The van der Waals surface area contributed by atoms with Gasteiger partial charge < -0.3 is 0 Å². The van der Waals surface area contributed by atoms with Gasteiger partial charge in [0.15, 0.2) is 0 Å². The minimum Gasteiger partial charge on any atom is -0.284 e. The van der Waals surface area contributed by atoms with Crippen molar-refractivity contribution in [3.63, 3.8) is 0 Å². The molecular weight excluding hydrogens is 102 g/mol. The SMILES string of the molecule is CCC(F)(F)[C]=O. The second-order valence-electron chi connectivity index (χ2n) is 1.16. The van der Waals surface area contributed by atoms with Crippen molar-refractivity contribution >= 4 is 6.29 Å². The van der Waals surface area contributed by atoms with E-state index in [-0.39, 0.29) is 0 Å². The van der Waals surface area contributed by atoms with Crippen LogP contribution in [0.5, 0.6) is 0 Å². The summed E-state index contributed by atoms with van der Waals surface area (Å²) in [6.45, 7) is 1.23. The zero-order valence-corrected chi connectivity index (χ0v) is 3.87. The summed E-state index contributed by atoms with van der Waals surface area (Å²) in [5, 5.41) is 0. The molecule has 0 spiro atoms. The molecule has 0 aliphatic carbocycles. The Balaban J connectivity index is 3.58. The number of alkyl halides is 2. The molecule has 0 aliphatic rings. The Morgan fingerprint density at radius 2 is 2.14 bits per heavy atom. The number of rotatable bonds is 2. The van der Waals surface area contributed by atoms with Crippen molar-refractivity contribution < 1.29 is 13.6 Å². The molecule has 0 aromatic carbocycles. The van der Waals surface area contributed by atoms with Crippen LogP contribution in [0.3, 0.4) is 0 Å². The van der Waals surface area contributed by atoms with Crippen molar-refractivity contribution in [3.05, 3.63) is 0 Å². The van der Waals surface area contributed by atoms with Gasteiger partial charge in [0.25, 0.3) is 6.29 Å². The predicted molar refractivity (Wildman–Crippen MR) is 20.9 cm³/mol. The first-order valence-electron chi connectivity index (χ1n) is 1.89. The Morgan fingerprint density at radius 3 is 2.14 bits per heavy atom. The van der Waals surface area contributed by atoms with Crippen LogP contribution >= 0.6 is 0 Å². The van der Waals surface area contributed by atoms with Crippen molar-refractivity contribution in [2.45, 2.75) is 19.3 Å². The van der Waals surface area contributed by atoms with E-state index in [4.69, 9.17) is 0 Å². The van der Waals surface area contributed by atoms with Crippen molar-refractivity contribution in [2.24, 2.45) is 0 Å². The summed E-state index contributed by atoms with van der Waals surface area (Å²) in [4.78, 5) is 9.18. The summed E-state index contributed by atoms with van der Waals surface area (Å²) in [7, 11) is 0. The van der Waals surface area contributed by atoms with E-state index in [2.05, 4.69) is 0 Å². The molecule has 0 amide bonds. The Labute approximate surface area is 40.3 Å². The van der Waals surface area contributed by atoms with Crippen LogP contribution in [0.25, 0.3) is 0 Å². The highest BCUT2D eigenvalue weighted by Gasteiger charge is 2.25. The largest absolute Gasteiger partial charge is 0.312 e. The van der Waals surface area contributed by atoms with Crippen LogP contribution in [0.2, 0.25) is 0 Å². The second kappa shape index (κ2) is 2.00. The molecule has 0 unspecified atom stereocenters. The fraction of sp³-hybridized carbons (Fsp3) is 0.750. The van der Waals surface area contributed by atoms with Crippen LogP contribution in [0.1, 0.15) is 13.3 Å². The summed E-state index contributed by atoms with van der Waals surface area (Å²) in [6.07, 6.45) is 0.146. The fourth-order valence-corrected chi connectivity index (χ4v) is 0.0722. The number of hydrogen-bond acceptors (Lipinski definition) is 1. The third-order valence-corrected chi connectivity index (χ3v) is 0.593. The standard InChI is InChI=1S/C4H5F2O/c1-2-4(5,6)3-7/h2H2,1H3. The topological polar surface area (TPSA) is 17.1 Å². The van der Waals surface area contributed by atoms with E-state index in [9.17, 15) is 13.6 Å². The van der Waals surface area contributed by atoms with Crippen molar-refractivity contribution in [1.82, 2.24) is 0 Å². The molecule has 7 heavy (non-hydrogen) atoms. The van der Waals surface area contributed by atoms with E-state index < -0.39 is 12.3 Å². The second-order valence-corrected chi connectivity index (χ2v) is 1.16. The highest BCUT2D eigenvalue weighted by Crippen LogP contribution is 2.12. The van der Waals surface area contributed by atoms with Crippen LogP contribution in [0, 0.1) is 0 Å². The number of halogens is 2. The third-order valence-electron chi connectivity index (χ3n) is 0.593. The molecule has 0 N–H and O–H groups in total. The van der Waals surface area contributed by atoms with Crippen molar-refractivity contribution in [2.75, 3.05) is 0 Å². The maximum Gasteiger partial charge on any atom is 0.312 e. The molecule has 0 saturated carbocycles. The highest BCUT2D eigenvalue weighted by atomic mass is 19.3. The van der Waals surface area contributed by atoms with Gasteiger partial charge in [-0.1, -0.05) is 6.92 Å². The lowest BCUT2D eigenvalue weighted by Crippen LogP contribution is -2.14. The molecule has 0 aromatic rings. The van der Waals surface area contributed by atoms with Gasteiger partial charge >= 0.3 is 5.92 Å². The van der Waals surface area contributed by atoms with Crippen LogP contribution in [0.4, 0.5) is 8.78 Å². The van der Waals surface area contributed by atoms with Gasteiger partial charge in [0.2, 0.25) is 0 Å². The van der Waals surface area contributed by atoms with Gasteiger partial charge in [-0.3, -0.25) is 4.79 Å². The van der Waals surface area contributed by atoms with E-state index >= 15 is 0 Å². The molecule has 0 atom stereocenters. The molecule has 0 aliphatic heterocycles. The molecule has 0 aromatic heterocycles. The Hall–Kier alpha value is -0.470. The maximum atomic E-state index is 11.5. The van der Waals surface area contributed by atoms with Gasteiger partial charge in [-0.25, -0.2) is 0 Å². The zero-order valence-electron chi connectivity index (χ0n) is 3.87. The van der Waals surface area contributed by atoms with Gasteiger partial charge in [-0.15, -0.1) is 0 Å². The van der Waals surface area contributed by atoms with Crippen LogP contribution in [-0.4, -0.2) is 12.2 Å². The molecule has 1 radical (unpaired) electrons. The molecule has 1 nitrogen and oxygen atoms in total. The molecule has 0 rings (SSSR count). The van der Waals surface area contributed by atoms with Gasteiger partial charge in [-0.05, 0) is 0 Å². The zero-order chi connectivity index (χ0) is 5.91. The smallest absolute Gasteiger partial charge is 0.284 e. The first-order valence-corrected chi connectivity index (χ1v) is 1.89. The minimum atomic E-state index is -3.22. The lowest BCUT2D eigenvalue weighted by atomic mass is 10.3. The molecule has 3 heteroatoms. The first-order chi connectivity index (χ1) is 3.12. The van der Waals surface area contributed by atoms with E-state index in [1.165, 1.54) is 6.92 Å². The average molecular weight is 107 g/mol. The van der Waals surface area contributed by atoms with E-state index in [0.717, 1.165) is 0 Å². The Kier molecular flexibility index (Phi) is 1.87.